The van der Waals surface area contributed by atoms with Crippen molar-refractivity contribution in [2.75, 3.05) is 49.5 Å². The predicted octanol–water partition coefficient (Wildman–Crippen LogP) is 2.48. The summed E-state index contributed by atoms with van der Waals surface area (Å²) >= 11 is 0. The van der Waals surface area contributed by atoms with E-state index in [2.05, 4.69) is 28.7 Å². The molecule has 38 heavy (non-hydrogen) atoms. The predicted molar refractivity (Wildman–Crippen MR) is 147 cm³/mol. The molecule has 10 nitrogen and oxygen atoms in total. The van der Waals surface area contributed by atoms with Crippen molar-refractivity contribution in [2.45, 2.75) is 20.4 Å². The van der Waals surface area contributed by atoms with Crippen molar-refractivity contribution in [1.82, 2.24) is 24.3 Å². The Labute approximate surface area is 221 Å². The molecule has 2 fully saturated rings. The second-order valence-electron chi connectivity index (χ2n) is 10.1. The molecule has 0 saturated carbocycles. The Morgan fingerprint density at radius 3 is 2.45 bits per heavy atom. The fraction of sp³-hybridized carbons (Fsp3) is 0.393. The third kappa shape index (κ3) is 5.25. The maximum Gasteiger partial charge on any atom is 0.252 e. The van der Waals surface area contributed by atoms with E-state index < -0.39 is 0 Å². The van der Waals surface area contributed by atoms with Crippen molar-refractivity contribution in [3.8, 4) is 0 Å². The fourth-order valence-electron chi connectivity index (χ4n) is 5.09. The second-order valence-corrected chi connectivity index (χ2v) is 10.1. The van der Waals surface area contributed by atoms with Gasteiger partial charge < -0.3 is 20.0 Å². The molecule has 2 aliphatic rings. The number of rotatable bonds is 7. The number of hydrogen-bond donors (Lipinski definition) is 1. The molecule has 1 aromatic carbocycles. The van der Waals surface area contributed by atoms with Gasteiger partial charge in [0.1, 0.15) is 5.65 Å². The number of aromatic nitrogens is 3. The Hall–Kier alpha value is -4.21. The van der Waals surface area contributed by atoms with Gasteiger partial charge in [0.2, 0.25) is 17.8 Å². The van der Waals surface area contributed by atoms with E-state index in [9.17, 15) is 14.4 Å². The van der Waals surface area contributed by atoms with Crippen molar-refractivity contribution in [1.29, 1.82) is 0 Å². The molecule has 0 radical (unpaired) electrons. The van der Waals surface area contributed by atoms with Crippen molar-refractivity contribution in [2.24, 2.45) is 11.8 Å². The molecule has 2 aromatic heterocycles. The van der Waals surface area contributed by atoms with Gasteiger partial charge in [0.05, 0.1) is 0 Å². The molecule has 1 atom stereocenters. The first-order chi connectivity index (χ1) is 18.3. The molecule has 198 valence electrons. The largest absolute Gasteiger partial charge is 0.368 e. The Morgan fingerprint density at radius 2 is 1.79 bits per heavy atom. The van der Waals surface area contributed by atoms with Gasteiger partial charge in [0.15, 0.2) is 0 Å². The van der Waals surface area contributed by atoms with Gasteiger partial charge in [0, 0.05) is 81.8 Å². The minimum atomic E-state index is -0.110. The number of anilines is 3. The van der Waals surface area contributed by atoms with Crippen LogP contribution in [0.4, 0.5) is 17.3 Å². The fourth-order valence-corrected chi connectivity index (χ4v) is 5.09. The minimum absolute atomic E-state index is 0.0529. The Morgan fingerprint density at radius 1 is 1.08 bits per heavy atom. The van der Waals surface area contributed by atoms with E-state index in [1.54, 1.807) is 34.7 Å². The second kappa shape index (κ2) is 10.6. The molecule has 0 bridgehead atoms. The van der Waals surface area contributed by atoms with Gasteiger partial charge in [0.25, 0.3) is 5.56 Å². The zero-order valence-electron chi connectivity index (χ0n) is 21.8. The molecule has 3 aromatic rings. The molecule has 1 N–H and O–H groups in total. The number of likely N-dealkylation sites (tertiary alicyclic amines) is 1. The van der Waals surface area contributed by atoms with Crippen molar-refractivity contribution < 1.29 is 9.59 Å². The van der Waals surface area contributed by atoms with Crippen LogP contribution in [0.5, 0.6) is 0 Å². The maximum absolute atomic E-state index is 12.8. The first-order valence-electron chi connectivity index (χ1n) is 13.0. The zero-order valence-corrected chi connectivity index (χ0v) is 21.8. The number of carbonyl (C=O) groups is 2. The van der Waals surface area contributed by atoms with Gasteiger partial charge in [-0.15, -0.1) is 0 Å². The van der Waals surface area contributed by atoms with Crippen LogP contribution in [0.1, 0.15) is 13.8 Å². The Kier molecular flexibility index (Phi) is 7.13. The lowest BCUT2D eigenvalue weighted by Crippen LogP contribution is -2.52. The van der Waals surface area contributed by atoms with E-state index in [0.717, 1.165) is 42.9 Å². The third-order valence-corrected chi connectivity index (χ3v) is 7.61. The third-order valence-electron chi connectivity index (χ3n) is 7.61. The molecule has 0 spiro atoms. The van der Waals surface area contributed by atoms with Crippen LogP contribution in [0.15, 0.2) is 60.0 Å². The van der Waals surface area contributed by atoms with Crippen LogP contribution in [0, 0.1) is 11.8 Å². The molecular formula is C28H33N7O3. The molecular weight excluding hydrogens is 482 g/mol. The Balaban J connectivity index is 1.28. The number of carbonyl (C=O) groups excluding carboxylic acids is 2. The summed E-state index contributed by atoms with van der Waals surface area (Å²) in [6.07, 6.45) is 3.06. The quantitative estimate of drug-likeness (QED) is 0.482. The maximum atomic E-state index is 12.8. The van der Waals surface area contributed by atoms with Crippen LogP contribution in [0.2, 0.25) is 0 Å². The first-order valence-corrected chi connectivity index (χ1v) is 13.0. The summed E-state index contributed by atoms with van der Waals surface area (Å²) in [5.74, 6) is 1.00. The molecule has 2 aliphatic heterocycles. The van der Waals surface area contributed by atoms with E-state index in [4.69, 9.17) is 4.98 Å². The highest BCUT2D eigenvalue weighted by molar-refractivity contribution is 5.87. The summed E-state index contributed by atoms with van der Waals surface area (Å²) < 4.78 is 1.70. The van der Waals surface area contributed by atoms with Gasteiger partial charge in [-0.3, -0.25) is 19.0 Å². The van der Waals surface area contributed by atoms with Gasteiger partial charge in [-0.25, -0.2) is 4.98 Å². The SMILES string of the molecule is C=CC(=O)N1CC(C(C)Cn2c(=O)ccc3cnc(Nc4ccc(N5CCN(C(C)=O)CC5)cc4)nc32)C1. The standard InChI is InChI=1S/C28H33N7O3/c1-4-25(37)34-17-22(18-34)19(2)16-35-26(38)10-5-21-15-29-28(31-27(21)35)30-23-6-8-24(9-7-23)33-13-11-32(12-14-33)20(3)36/h4-10,15,19,22H,1,11-14,16-18H2,2-3H3,(H,29,30,31). The van der Waals surface area contributed by atoms with E-state index in [1.807, 2.05) is 29.2 Å². The number of nitrogens with one attached hydrogen (secondary N) is 1. The highest BCUT2D eigenvalue weighted by Gasteiger charge is 2.33. The number of amides is 2. The summed E-state index contributed by atoms with van der Waals surface area (Å²) in [4.78, 5) is 51.2. The zero-order chi connectivity index (χ0) is 26.8. The van der Waals surface area contributed by atoms with Crippen LogP contribution in [-0.4, -0.2) is 75.4 Å². The summed E-state index contributed by atoms with van der Waals surface area (Å²) in [5, 5.41) is 4.05. The lowest BCUT2D eigenvalue weighted by atomic mass is 9.86. The van der Waals surface area contributed by atoms with E-state index >= 15 is 0 Å². The molecule has 2 saturated heterocycles. The topological polar surface area (TPSA) is 104 Å². The van der Waals surface area contributed by atoms with E-state index in [0.29, 0.717) is 37.1 Å². The normalized spacial score (nSPS) is 16.7. The summed E-state index contributed by atoms with van der Waals surface area (Å²) in [6, 6.07) is 11.3. The molecule has 2 amide bonds. The van der Waals surface area contributed by atoms with Crippen LogP contribution in [0.25, 0.3) is 11.0 Å². The van der Waals surface area contributed by atoms with Crippen molar-refractivity contribution in [3.05, 3.63) is 65.6 Å². The number of piperazine rings is 1. The highest BCUT2D eigenvalue weighted by Crippen LogP contribution is 2.26. The summed E-state index contributed by atoms with van der Waals surface area (Å²) in [6.45, 7) is 12.2. The van der Waals surface area contributed by atoms with Crippen LogP contribution < -0.4 is 15.8 Å². The number of pyridine rings is 1. The van der Waals surface area contributed by atoms with Crippen LogP contribution in [0.3, 0.4) is 0 Å². The van der Waals surface area contributed by atoms with Gasteiger partial charge in [-0.1, -0.05) is 13.5 Å². The average Bonchev–Trinajstić information content (AvgIpc) is 2.90. The van der Waals surface area contributed by atoms with Gasteiger partial charge in [-0.2, -0.15) is 4.98 Å². The molecule has 1 unspecified atom stereocenters. The monoisotopic (exact) mass is 515 g/mol. The smallest absolute Gasteiger partial charge is 0.252 e. The highest BCUT2D eigenvalue weighted by atomic mass is 16.2. The number of hydrogen-bond acceptors (Lipinski definition) is 7. The molecule has 4 heterocycles. The van der Waals surface area contributed by atoms with Gasteiger partial charge >= 0.3 is 0 Å². The van der Waals surface area contributed by atoms with Crippen LogP contribution >= 0.6 is 0 Å². The summed E-state index contributed by atoms with van der Waals surface area (Å²) in [7, 11) is 0. The van der Waals surface area contributed by atoms with E-state index in [-0.39, 0.29) is 23.3 Å². The lowest BCUT2D eigenvalue weighted by Gasteiger charge is -2.42. The van der Waals surface area contributed by atoms with Gasteiger partial charge in [-0.05, 0) is 48.2 Å². The molecule has 10 heteroatoms. The molecule has 5 rings (SSSR count). The van der Waals surface area contributed by atoms with Crippen LogP contribution in [-0.2, 0) is 16.1 Å². The van der Waals surface area contributed by atoms with E-state index in [1.165, 1.54) is 6.08 Å². The van der Waals surface area contributed by atoms with Crippen molar-refractivity contribution >= 4 is 40.2 Å². The average molecular weight is 516 g/mol. The minimum Gasteiger partial charge on any atom is -0.368 e. The van der Waals surface area contributed by atoms with Crippen molar-refractivity contribution in [3.63, 3.8) is 0 Å². The first kappa shape index (κ1) is 25.4. The number of benzene rings is 1. The number of fused-ring (bicyclic) bond motifs is 1. The Bertz CT molecular complexity index is 1400. The number of nitrogens with zero attached hydrogens (tertiary/aromatic N) is 6. The molecule has 0 aliphatic carbocycles. The lowest BCUT2D eigenvalue weighted by molar-refractivity contribution is -0.133. The summed E-state index contributed by atoms with van der Waals surface area (Å²) in [5.41, 5.74) is 2.42.